The Labute approximate surface area is 234 Å². The number of carbonyl (C=O) groups is 2. The number of nitrogens with zero attached hydrogens (tertiary/aromatic N) is 2. The van der Waals surface area contributed by atoms with E-state index in [1.165, 1.54) is 18.1 Å². The number of sulfonamides is 1. The lowest BCUT2D eigenvalue weighted by Gasteiger charge is -2.33. The molecule has 1 atom stereocenters. The lowest BCUT2D eigenvalue weighted by molar-refractivity contribution is -0.142. The number of hydrogen-bond donors (Lipinski definition) is 1. The second kappa shape index (κ2) is 13.4. The van der Waals surface area contributed by atoms with Crippen LogP contribution in [0.5, 0.6) is 5.75 Å². The first-order valence-electron chi connectivity index (χ1n) is 12.9. The third-order valence-corrected chi connectivity index (χ3v) is 7.20. The summed E-state index contributed by atoms with van der Waals surface area (Å²) < 4.78 is 70.6. The van der Waals surface area contributed by atoms with Crippen LogP contribution in [0.15, 0.2) is 48.5 Å². The maximum atomic E-state index is 13.5. The molecule has 0 aromatic heterocycles. The molecule has 0 radical (unpaired) electrons. The summed E-state index contributed by atoms with van der Waals surface area (Å²) >= 11 is 0. The number of alkyl halides is 3. The summed E-state index contributed by atoms with van der Waals surface area (Å²) in [7, 11) is -2.41. The molecule has 0 saturated carbocycles. The topological polar surface area (TPSA) is 96.0 Å². The number of benzene rings is 2. The summed E-state index contributed by atoms with van der Waals surface area (Å²) in [4.78, 5) is 28.1. The highest BCUT2D eigenvalue weighted by atomic mass is 32.2. The molecule has 2 aromatic carbocycles. The van der Waals surface area contributed by atoms with Gasteiger partial charge in [0.25, 0.3) is 0 Å². The number of hydrogen-bond acceptors (Lipinski definition) is 5. The number of rotatable bonds is 12. The molecule has 0 aliphatic carbocycles. The minimum atomic E-state index is -4.64. The van der Waals surface area contributed by atoms with Gasteiger partial charge in [-0.15, -0.1) is 0 Å². The maximum absolute atomic E-state index is 13.5. The van der Waals surface area contributed by atoms with Crippen molar-refractivity contribution in [1.29, 1.82) is 0 Å². The fourth-order valence-corrected chi connectivity index (χ4v) is 5.10. The molecule has 0 unspecified atom stereocenters. The van der Waals surface area contributed by atoms with Crippen LogP contribution in [0.2, 0.25) is 0 Å². The Bertz CT molecular complexity index is 1260. The van der Waals surface area contributed by atoms with Crippen LogP contribution >= 0.6 is 0 Å². The van der Waals surface area contributed by atoms with Crippen molar-refractivity contribution in [2.45, 2.75) is 71.3 Å². The van der Waals surface area contributed by atoms with Crippen LogP contribution in [0.1, 0.15) is 58.1 Å². The molecule has 1 N–H and O–H groups in total. The highest BCUT2D eigenvalue weighted by Gasteiger charge is 2.33. The molecule has 0 heterocycles. The van der Waals surface area contributed by atoms with Gasteiger partial charge in [0.15, 0.2) is 0 Å². The Morgan fingerprint density at radius 3 is 2.17 bits per heavy atom. The Kier molecular flexibility index (Phi) is 11.0. The summed E-state index contributed by atoms with van der Waals surface area (Å²) in [5.74, 6) is -0.0718. The molecule has 0 fully saturated rings. The zero-order valence-corrected chi connectivity index (χ0v) is 24.5. The van der Waals surface area contributed by atoms with E-state index in [1.54, 1.807) is 31.2 Å². The van der Waals surface area contributed by atoms with Crippen molar-refractivity contribution in [2.24, 2.45) is 0 Å². The fourth-order valence-electron chi connectivity index (χ4n) is 4.14. The summed E-state index contributed by atoms with van der Waals surface area (Å²) in [6.07, 6.45) is -3.50. The Hall–Kier alpha value is -3.28. The molecule has 12 heteroatoms. The first-order valence-corrected chi connectivity index (χ1v) is 14.7. The molecule has 0 bridgehead atoms. The minimum Gasteiger partial charge on any atom is -0.497 e. The molecular weight excluding hydrogens is 547 g/mol. The van der Waals surface area contributed by atoms with E-state index in [0.717, 1.165) is 34.3 Å². The van der Waals surface area contributed by atoms with Gasteiger partial charge in [0.2, 0.25) is 21.8 Å². The van der Waals surface area contributed by atoms with Crippen LogP contribution in [0.4, 0.5) is 18.9 Å². The van der Waals surface area contributed by atoms with Crippen molar-refractivity contribution in [2.75, 3.05) is 24.2 Å². The predicted molar refractivity (Wildman–Crippen MR) is 148 cm³/mol. The molecule has 0 aliphatic heterocycles. The van der Waals surface area contributed by atoms with Gasteiger partial charge in [-0.05, 0) is 69.5 Å². The van der Waals surface area contributed by atoms with Crippen LogP contribution in [0.3, 0.4) is 0 Å². The highest BCUT2D eigenvalue weighted by molar-refractivity contribution is 7.92. The van der Waals surface area contributed by atoms with E-state index in [2.05, 4.69) is 5.32 Å². The van der Waals surface area contributed by atoms with Crippen molar-refractivity contribution >= 4 is 27.5 Å². The van der Waals surface area contributed by atoms with Crippen molar-refractivity contribution < 1.29 is 35.9 Å². The normalized spacial score (nSPS) is 12.9. The summed E-state index contributed by atoms with van der Waals surface area (Å²) in [6.45, 7) is 7.21. The van der Waals surface area contributed by atoms with Crippen LogP contribution in [0.25, 0.3) is 0 Å². The largest absolute Gasteiger partial charge is 0.497 e. The fraction of sp³-hybridized carbons (Fsp3) is 0.500. The number of anilines is 1. The van der Waals surface area contributed by atoms with Crippen molar-refractivity contribution in [3.8, 4) is 5.75 Å². The van der Waals surface area contributed by atoms with Crippen LogP contribution in [-0.4, -0.2) is 56.6 Å². The van der Waals surface area contributed by atoms with Gasteiger partial charge in [-0.3, -0.25) is 13.9 Å². The summed E-state index contributed by atoms with van der Waals surface area (Å²) in [5, 5.41) is 2.91. The molecule has 2 rings (SSSR count). The highest BCUT2D eigenvalue weighted by Crippen LogP contribution is 2.32. The Morgan fingerprint density at radius 1 is 1.05 bits per heavy atom. The second-order valence-corrected chi connectivity index (χ2v) is 12.4. The second-order valence-electron chi connectivity index (χ2n) is 10.5. The smallest absolute Gasteiger partial charge is 0.416 e. The predicted octanol–water partition coefficient (Wildman–Crippen LogP) is 4.98. The van der Waals surface area contributed by atoms with Gasteiger partial charge in [0.1, 0.15) is 11.8 Å². The van der Waals surface area contributed by atoms with E-state index in [4.69, 9.17) is 4.74 Å². The van der Waals surface area contributed by atoms with Gasteiger partial charge in [0.05, 0.1) is 24.6 Å². The molecule has 40 heavy (non-hydrogen) atoms. The van der Waals surface area contributed by atoms with Crippen LogP contribution in [0, 0.1) is 0 Å². The SMILES string of the molecule is CC[C@H](C(=O)NC(C)(C)C)N(Cc1ccc(OC)cc1)C(=O)CCCN(c1cccc(C(F)(F)F)c1)S(C)(=O)=O. The molecular formula is C28H38F3N3O5S. The molecule has 8 nitrogen and oxygen atoms in total. The van der Waals surface area contributed by atoms with Gasteiger partial charge in [-0.25, -0.2) is 8.42 Å². The van der Waals surface area contributed by atoms with Gasteiger partial charge in [-0.2, -0.15) is 13.2 Å². The van der Waals surface area contributed by atoms with E-state index in [0.29, 0.717) is 12.2 Å². The number of halogens is 3. The molecule has 222 valence electrons. The van der Waals surface area contributed by atoms with E-state index in [1.807, 2.05) is 20.8 Å². The van der Waals surface area contributed by atoms with Crippen molar-refractivity contribution in [3.63, 3.8) is 0 Å². The molecule has 2 amide bonds. The van der Waals surface area contributed by atoms with Crippen LogP contribution < -0.4 is 14.4 Å². The molecule has 2 aromatic rings. The number of amides is 2. The average molecular weight is 586 g/mol. The Balaban J connectivity index is 2.28. The number of nitrogens with one attached hydrogen (secondary N) is 1. The molecule has 0 saturated heterocycles. The first kappa shape index (κ1) is 32.9. The van der Waals surface area contributed by atoms with Gasteiger partial charge < -0.3 is 15.0 Å². The average Bonchev–Trinajstić information content (AvgIpc) is 2.84. The number of methoxy groups -OCH3 is 1. The lowest BCUT2D eigenvalue weighted by atomic mass is 10.0. The van der Waals surface area contributed by atoms with E-state index < -0.39 is 33.3 Å². The standard InChI is InChI=1S/C28H38F3N3O5S/c1-7-24(26(36)32-27(2,3)4)33(19-20-13-15-23(39-5)16-14-20)25(35)12-9-17-34(40(6,37)38)22-11-8-10-21(18-22)28(29,30)31/h8,10-11,13-16,18,24H,7,9,12,17,19H2,1-6H3,(H,32,36)/t24-/m1/s1. The minimum absolute atomic E-state index is 0.0264. The third-order valence-electron chi connectivity index (χ3n) is 6.01. The first-order chi connectivity index (χ1) is 18.5. The monoisotopic (exact) mass is 585 g/mol. The lowest BCUT2D eigenvalue weighted by Crippen LogP contribution is -2.53. The number of carbonyl (C=O) groups excluding carboxylic acids is 2. The number of ether oxygens (including phenoxy) is 1. The van der Waals surface area contributed by atoms with E-state index >= 15 is 0 Å². The van der Waals surface area contributed by atoms with Gasteiger partial charge >= 0.3 is 6.18 Å². The van der Waals surface area contributed by atoms with Crippen molar-refractivity contribution in [3.05, 3.63) is 59.7 Å². The van der Waals surface area contributed by atoms with Gasteiger partial charge in [0, 0.05) is 25.0 Å². The third kappa shape index (κ3) is 9.72. The summed E-state index contributed by atoms with van der Waals surface area (Å²) in [6, 6.07) is 10.3. The Morgan fingerprint density at radius 2 is 1.68 bits per heavy atom. The quantitative estimate of drug-likeness (QED) is 0.379. The van der Waals surface area contributed by atoms with Crippen molar-refractivity contribution in [1.82, 2.24) is 10.2 Å². The molecule has 0 spiro atoms. The molecule has 0 aliphatic rings. The van der Waals surface area contributed by atoms with E-state index in [-0.39, 0.29) is 43.4 Å². The zero-order valence-electron chi connectivity index (χ0n) is 23.7. The zero-order chi connectivity index (χ0) is 30.3. The summed E-state index contributed by atoms with van der Waals surface area (Å²) in [5.41, 5.74) is -0.884. The van der Waals surface area contributed by atoms with E-state index in [9.17, 15) is 31.2 Å². The van der Waals surface area contributed by atoms with Crippen LogP contribution in [-0.2, 0) is 32.3 Å². The van der Waals surface area contributed by atoms with Gasteiger partial charge in [-0.1, -0.05) is 25.1 Å². The maximum Gasteiger partial charge on any atom is 0.416 e.